The van der Waals surface area contributed by atoms with Crippen LogP contribution in [0.5, 0.6) is 0 Å². The van der Waals surface area contributed by atoms with Crippen LogP contribution in [0.1, 0.15) is 44.4 Å². The van der Waals surface area contributed by atoms with Gasteiger partial charge in [-0.1, -0.05) is 91.0 Å². The maximum atomic E-state index is 14.7. The summed E-state index contributed by atoms with van der Waals surface area (Å²) >= 11 is 0. The Bertz CT molecular complexity index is 1240. The summed E-state index contributed by atoms with van der Waals surface area (Å²) in [7, 11) is -3.67. The van der Waals surface area contributed by atoms with Gasteiger partial charge in [-0.3, -0.25) is 9.36 Å². The van der Waals surface area contributed by atoms with Gasteiger partial charge < -0.3 is 19.3 Å². The Morgan fingerprint density at radius 2 is 1.30 bits per heavy atom. The van der Waals surface area contributed by atoms with Gasteiger partial charge in [0.05, 0.1) is 12.5 Å². The molecule has 0 aliphatic heterocycles. The fourth-order valence-corrected chi connectivity index (χ4v) is 6.99. The number of benzene rings is 3. The smallest absolute Gasteiger partial charge is 0.408 e. The highest BCUT2D eigenvalue weighted by Gasteiger charge is 2.41. The minimum absolute atomic E-state index is 0.0677. The number of esters is 1. The monoisotopic (exact) mass is 565 g/mol. The Kier molecular flexibility index (Phi) is 11.5. The lowest BCUT2D eigenvalue weighted by molar-refractivity contribution is -0.159. The van der Waals surface area contributed by atoms with Crippen LogP contribution in [0.15, 0.2) is 91.0 Å². The van der Waals surface area contributed by atoms with Crippen molar-refractivity contribution in [3.8, 4) is 0 Å². The molecule has 1 unspecified atom stereocenters. The van der Waals surface area contributed by atoms with Gasteiger partial charge in [0.1, 0.15) is 18.0 Å². The molecule has 3 atom stereocenters. The first-order chi connectivity index (χ1) is 19.1. The summed E-state index contributed by atoms with van der Waals surface area (Å²) in [6.07, 6.45) is -0.239. The molecule has 0 bridgehead atoms. The van der Waals surface area contributed by atoms with Crippen LogP contribution >= 0.6 is 7.37 Å². The van der Waals surface area contributed by atoms with Gasteiger partial charge in [0.15, 0.2) is 0 Å². The van der Waals surface area contributed by atoms with Crippen molar-refractivity contribution in [3.05, 3.63) is 108 Å². The van der Waals surface area contributed by atoms with Crippen molar-refractivity contribution in [3.63, 3.8) is 0 Å². The van der Waals surface area contributed by atoms with E-state index in [1.165, 1.54) is 0 Å². The van der Waals surface area contributed by atoms with Crippen molar-refractivity contribution in [2.45, 2.75) is 58.5 Å². The van der Waals surface area contributed by atoms with Crippen molar-refractivity contribution < 1.29 is 28.2 Å². The van der Waals surface area contributed by atoms with Crippen LogP contribution in [0.4, 0.5) is 4.79 Å². The van der Waals surface area contributed by atoms with Gasteiger partial charge in [0, 0.05) is 12.6 Å². The van der Waals surface area contributed by atoms with Gasteiger partial charge in [-0.2, -0.15) is 0 Å². The third-order valence-electron chi connectivity index (χ3n) is 6.13. The Hall–Kier alpha value is -3.41. The molecule has 0 aliphatic rings. The maximum Gasteiger partial charge on any atom is 0.408 e. The van der Waals surface area contributed by atoms with E-state index in [9.17, 15) is 14.2 Å². The lowest BCUT2D eigenvalue weighted by Gasteiger charge is -2.31. The summed E-state index contributed by atoms with van der Waals surface area (Å²) in [5.41, 5.74) is 1.90. The maximum absolute atomic E-state index is 14.7. The molecule has 0 saturated carbocycles. The zero-order valence-corrected chi connectivity index (χ0v) is 24.6. The minimum Gasteiger partial charge on any atom is -0.460 e. The summed E-state index contributed by atoms with van der Waals surface area (Å²) in [4.78, 5) is 26.4. The highest BCUT2D eigenvalue weighted by atomic mass is 31.2. The van der Waals surface area contributed by atoms with E-state index in [1.807, 2.05) is 91.0 Å². The van der Waals surface area contributed by atoms with E-state index in [2.05, 4.69) is 5.32 Å². The van der Waals surface area contributed by atoms with E-state index in [-0.39, 0.29) is 25.8 Å². The van der Waals surface area contributed by atoms with E-state index in [4.69, 9.17) is 14.0 Å². The third kappa shape index (κ3) is 10.3. The molecular weight excluding hydrogens is 525 g/mol. The summed E-state index contributed by atoms with van der Waals surface area (Å²) in [5.74, 6) is -2.13. The Morgan fingerprint density at radius 1 is 0.800 bits per heavy atom. The SMILES string of the molecule is CCOP(=O)(C[C@@H](Cc1ccccc1)C(=O)OC(C)(C)C)[C@H](Cc1ccccc1)NC(=O)OCc1ccccc1. The largest absolute Gasteiger partial charge is 0.460 e. The van der Waals surface area contributed by atoms with E-state index < -0.39 is 36.7 Å². The van der Waals surface area contributed by atoms with E-state index in [1.54, 1.807) is 27.7 Å². The number of amides is 1. The predicted molar refractivity (Wildman–Crippen MR) is 157 cm³/mol. The molecule has 214 valence electrons. The number of ether oxygens (including phenoxy) is 2. The quantitative estimate of drug-likeness (QED) is 0.177. The van der Waals surface area contributed by atoms with Crippen molar-refractivity contribution in [2.24, 2.45) is 5.92 Å². The summed E-state index contributed by atoms with van der Waals surface area (Å²) < 4.78 is 31.9. The van der Waals surface area contributed by atoms with Crippen molar-refractivity contribution in [1.29, 1.82) is 0 Å². The molecule has 3 aromatic rings. The molecule has 1 amide bonds. The number of alkyl carbamates (subject to hydrolysis) is 1. The molecule has 0 saturated heterocycles. The molecule has 3 aromatic carbocycles. The summed E-state index contributed by atoms with van der Waals surface area (Å²) in [6.45, 7) is 7.37. The number of carbonyl (C=O) groups excluding carboxylic acids is 2. The van der Waals surface area contributed by atoms with Crippen LogP contribution < -0.4 is 5.32 Å². The number of nitrogens with one attached hydrogen (secondary N) is 1. The standard InChI is InChI=1S/C32H40NO6P/c1-5-38-40(36,24-28(30(34)39-32(2,3)4)21-25-15-9-6-10-16-25)29(22-26-17-11-7-12-18-26)33-31(35)37-23-27-19-13-8-14-20-27/h6-20,28-29H,5,21-24H2,1-4H3,(H,33,35)/t28-,29-,40?/m1/s1. The lowest BCUT2D eigenvalue weighted by Crippen LogP contribution is -2.40. The van der Waals surface area contributed by atoms with Gasteiger partial charge in [-0.05, 0) is 50.8 Å². The van der Waals surface area contributed by atoms with Gasteiger partial charge in [0.2, 0.25) is 7.37 Å². The topological polar surface area (TPSA) is 90.9 Å². The van der Waals surface area contributed by atoms with Gasteiger partial charge in [0.25, 0.3) is 0 Å². The van der Waals surface area contributed by atoms with Crippen molar-refractivity contribution >= 4 is 19.4 Å². The van der Waals surface area contributed by atoms with Gasteiger partial charge >= 0.3 is 12.1 Å². The molecule has 3 rings (SSSR count). The average Bonchev–Trinajstić information content (AvgIpc) is 2.92. The molecular formula is C32H40NO6P. The predicted octanol–water partition coefficient (Wildman–Crippen LogP) is 7.00. The lowest BCUT2D eigenvalue weighted by atomic mass is 10.0. The first-order valence-corrected chi connectivity index (χ1v) is 15.5. The van der Waals surface area contributed by atoms with E-state index in [0.29, 0.717) is 6.42 Å². The van der Waals surface area contributed by atoms with E-state index in [0.717, 1.165) is 16.7 Å². The molecule has 0 fully saturated rings. The van der Waals surface area contributed by atoms with Crippen LogP contribution in [-0.2, 0) is 42.8 Å². The first kappa shape index (κ1) is 31.1. The number of hydrogen-bond donors (Lipinski definition) is 1. The second-order valence-corrected chi connectivity index (χ2v) is 13.4. The van der Waals surface area contributed by atoms with Gasteiger partial charge in [-0.25, -0.2) is 4.79 Å². The fraction of sp³-hybridized carbons (Fsp3) is 0.375. The van der Waals surface area contributed by atoms with Crippen LogP contribution in [-0.4, -0.2) is 36.2 Å². The highest BCUT2D eigenvalue weighted by molar-refractivity contribution is 7.59. The molecule has 0 spiro atoms. The Morgan fingerprint density at radius 3 is 1.80 bits per heavy atom. The number of carbonyl (C=O) groups is 2. The number of rotatable bonds is 13. The molecule has 40 heavy (non-hydrogen) atoms. The summed E-state index contributed by atoms with van der Waals surface area (Å²) in [5, 5.41) is 2.82. The van der Waals surface area contributed by atoms with Crippen molar-refractivity contribution in [2.75, 3.05) is 12.8 Å². The van der Waals surface area contributed by atoms with Crippen LogP contribution in [0, 0.1) is 5.92 Å². The Labute approximate surface area is 237 Å². The van der Waals surface area contributed by atoms with Gasteiger partial charge in [-0.15, -0.1) is 0 Å². The summed E-state index contributed by atoms with van der Waals surface area (Å²) in [6, 6.07) is 28.3. The highest BCUT2D eigenvalue weighted by Crippen LogP contribution is 2.54. The molecule has 0 heterocycles. The molecule has 0 radical (unpaired) electrons. The molecule has 0 aliphatic carbocycles. The molecule has 8 heteroatoms. The minimum atomic E-state index is -3.67. The average molecular weight is 566 g/mol. The fourth-order valence-electron chi connectivity index (χ4n) is 4.33. The zero-order chi connectivity index (χ0) is 29.0. The first-order valence-electron chi connectivity index (χ1n) is 13.6. The molecule has 7 nitrogen and oxygen atoms in total. The van der Waals surface area contributed by atoms with Crippen LogP contribution in [0.3, 0.4) is 0 Å². The molecule has 0 aromatic heterocycles. The molecule has 1 N–H and O–H groups in total. The Balaban J connectivity index is 1.90. The van der Waals surface area contributed by atoms with Crippen LogP contribution in [0.2, 0.25) is 0 Å². The second kappa shape index (κ2) is 14.8. The normalized spacial score (nSPS) is 14.4. The van der Waals surface area contributed by atoms with Crippen LogP contribution in [0.25, 0.3) is 0 Å². The van der Waals surface area contributed by atoms with E-state index >= 15 is 0 Å². The second-order valence-electron chi connectivity index (χ2n) is 10.7. The third-order valence-corrected chi connectivity index (χ3v) is 9.04. The zero-order valence-electron chi connectivity index (χ0n) is 23.7. The van der Waals surface area contributed by atoms with Crippen molar-refractivity contribution in [1.82, 2.24) is 5.32 Å². The number of hydrogen-bond acceptors (Lipinski definition) is 6.